The third kappa shape index (κ3) is 11.1. The van der Waals surface area contributed by atoms with Crippen molar-refractivity contribution < 1.29 is 0 Å². The third-order valence-corrected chi connectivity index (χ3v) is 1.66. The number of aryl methyl sites for hydroxylation is 2. The van der Waals surface area contributed by atoms with Gasteiger partial charge in [-0.3, -0.25) is 0 Å². The van der Waals surface area contributed by atoms with Crippen molar-refractivity contribution in [1.29, 1.82) is 0 Å². The average Bonchev–Trinajstić information content (AvgIpc) is 2.28. The van der Waals surface area contributed by atoms with Gasteiger partial charge < -0.3 is 0 Å². The van der Waals surface area contributed by atoms with E-state index in [1.165, 1.54) is 24.0 Å². The van der Waals surface area contributed by atoms with Crippen LogP contribution >= 0.6 is 0 Å². The van der Waals surface area contributed by atoms with Crippen molar-refractivity contribution in [2.45, 2.75) is 61.8 Å². The van der Waals surface area contributed by atoms with Gasteiger partial charge in [0.2, 0.25) is 0 Å². The van der Waals surface area contributed by atoms with Gasteiger partial charge in [-0.25, -0.2) is 0 Å². The van der Waals surface area contributed by atoms with E-state index in [1.807, 2.05) is 27.7 Å². The van der Waals surface area contributed by atoms with Crippen LogP contribution in [-0.2, 0) is 6.42 Å². The molecule has 1 rings (SSSR count). The highest BCUT2D eigenvalue weighted by atomic mass is 13.9. The predicted octanol–water partition coefficient (Wildman–Crippen LogP) is 5.64. The lowest BCUT2D eigenvalue weighted by atomic mass is 10.1. The van der Waals surface area contributed by atoms with Crippen LogP contribution in [0, 0.1) is 6.92 Å². The number of hydrogen-bond donors (Lipinski definition) is 0. The highest BCUT2D eigenvalue weighted by Crippen LogP contribution is 2.04. The molecule has 0 aliphatic rings. The third-order valence-electron chi connectivity index (χ3n) is 1.66. The zero-order valence-electron chi connectivity index (χ0n) is 10.7. The minimum Gasteiger partial charge on any atom is -0.0776 e. The van der Waals surface area contributed by atoms with E-state index in [0.717, 1.165) is 0 Å². The van der Waals surface area contributed by atoms with Crippen molar-refractivity contribution in [3.63, 3.8) is 0 Å². The molecule has 0 N–H and O–H groups in total. The fourth-order valence-electron chi connectivity index (χ4n) is 1.04. The molecular weight excluding hydrogens is 180 g/mol. The second kappa shape index (κ2) is 15.7. The molecule has 90 valence electrons. The Morgan fingerprint density at radius 3 is 1.60 bits per heavy atom. The quantitative estimate of drug-likeness (QED) is 0.593. The molecule has 1 aromatic rings. The molecule has 0 unspecified atom stereocenters. The van der Waals surface area contributed by atoms with Crippen molar-refractivity contribution in [3.8, 4) is 0 Å². The van der Waals surface area contributed by atoms with Crippen molar-refractivity contribution >= 4 is 0 Å². The Bertz CT molecular complexity index is 184. The molecule has 15 heavy (non-hydrogen) atoms. The predicted molar refractivity (Wildman–Crippen MR) is 74.6 cm³/mol. The van der Waals surface area contributed by atoms with Crippen molar-refractivity contribution in [2.24, 2.45) is 0 Å². The Hall–Kier alpha value is -0.780. The Morgan fingerprint density at radius 2 is 1.27 bits per heavy atom. The Morgan fingerprint density at radius 1 is 0.867 bits per heavy atom. The average molecular weight is 210 g/mol. The van der Waals surface area contributed by atoms with E-state index < -0.39 is 0 Å². The second-order valence-electron chi connectivity index (χ2n) is 2.74. The lowest BCUT2D eigenvalue weighted by molar-refractivity contribution is 0.921. The molecule has 0 nitrogen and oxygen atoms in total. The van der Waals surface area contributed by atoms with Crippen LogP contribution in [0.2, 0.25) is 0 Å². The smallest absolute Gasteiger partial charge is 0.0281 e. The lowest BCUT2D eigenvalue weighted by Gasteiger charge is -1.97. The summed E-state index contributed by atoms with van der Waals surface area (Å²) in [6.07, 6.45) is 2.45. The summed E-state index contributed by atoms with van der Waals surface area (Å²) in [6.45, 7) is 12.3. The van der Waals surface area contributed by atoms with Crippen LogP contribution in [0.4, 0.5) is 0 Å². The standard InChI is InChI=1S/C10H14.2C2H6.CH4/c1-3-4-10-7-5-9(2)6-8-10;2*1-2;/h5-8H,3-4H2,1-2H3;2*1-2H3;1H4. The van der Waals surface area contributed by atoms with Gasteiger partial charge in [-0.05, 0) is 18.9 Å². The number of hydrogen-bond acceptors (Lipinski definition) is 0. The van der Waals surface area contributed by atoms with Gasteiger partial charge in [0.15, 0.2) is 0 Å². The maximum absolute atomic E-state index is 2.21. The molecule has 0 amide bonds. The van der Waals surface area contributed by atoms with Gasteiger partial charge in [0.25, 0.3) is 0 Å². The van der Waals surface area contributed by atoms with Crippen LogP contribution in [0.1, 0.15) is 59.6 Å². The summed E-state index contributed by atoms with van der Waals surface area (Å²) >= 11 is 0. The molecule has 0 aliphatic heterocycles. The van der Waals surface area contributed by atoms with E-state index >= 15 is 0 Å². The Balaban J connectivity index is -0.000000258. The van der Waals surface area contributed by atoms with Gasteiger partial charge in [-0.15, -0.1) is 0 Å². The molecule has 0 bridgehead atoms. The van der Waals surface area contributed by atoms with Crippen LogP contribution < -0.4 is 0 Å². The lowest BCUT2D eigenvalue weighted by Crippen LogP contribution is -1.81. The fourth-order valence-corrected chi connectivity index (χ4v) is 1.04. The van der Waals surface area contributed by atoms with Crippen LogP contribution in [0.25, 0.3) is 0 Å². The summed E-state index contributed by atoms with van der Waals surface area (Å²) in [5.41, 5.74) is 2.80. The minimum absolute atomic E-state index is 0. The molecule has 0 saturated carbocycles. The summed E-state index contributed by atoms with van der Waals surface area (Å²) in [7, 11) is 0. The van der Waals surface area contributed by atoms with E-state index in [1.54, 1.807) is 0 Å². The van der Waals surface area contributed by atoms with Gasteiger partial charge >= 0.3 is 0 Å². The second-order valence-corrected chi connectivity index (χ2v) is 2.74. The highest BCUT2D eigenvalue weighted by molar-refractivity contribution is 5.21. The minimum atomic E-state index is 0. The largest absolute Gasteiger partial charge is 0.0776 e. The van der Waals surface area contributed by atoms with Crippen LogP contribution in [-0.4, -0.2) is 0 Å². The van der Waals surface area contributed by atoms with Crippen molar-refractivity contribution in [3.05, 3.63) is 35.4 Å². The molecular formula is C15H30. The molecule has 0 heteroatoms. The van der Waals surface area contributed by atoms with Gasteiger partial charge in [0.05, 0.1) is 0 Å². The maximum atomic E-state index is 2.21. The zero-order chi connectivity index (χ0) is 11.4. The Kier molecular flexibility index (Phi) is 20.6. The normalized spacial score (nSPS) is 7.33. The maximum Gasteiger partial charge on any atom is -0.0281 e. The van der Waals surface area contributed by atoms with E-state index in [-0.39, 0.29) is 7.43 Å². The molecule has 0 aliphatic carbocycles. The molecule has 0 spiro atoms. The van der Waals surface area contributed by atoms with Crippen LogP contribution in [0.15, 0.2) is 24.3 Å². The summed E-state index contributed by atoms with van der Waals surface area (Å²) in [5, 5.41) is 0. The van der Waals surface area contributed by atoms with Crippen molar-refractivity contribution in [2.75, 3.05) is 0 Å². The van der Waals surface area contributed by atoms with Gasteiger partial charge in [-0.2, -0.15) is 0 Å². The molecule has 0 atom stereocenters. The molecule has 0 heterocycles. The SMILES string of the molecule is C.CC.CC.CCCc1ccc(C)cc1. The van der Waals surface area contributed by atoms with Gasteiger partial charge in [0.1, 0.15) is 0 Å². The molecule has 0 aromatic heterocycles. The van der Waals surface area contributed by atoms with Crippen LogP contribution in [0.3, 0.4) is 0 Å². The monoisotopic (exact) mass is 210 g/mol. The molecule has 1 aromatic carbocycles. The van der Waals surface area contributed by atoms with Crippen molar-refractivity contribution in [1.82, 2.24) is 0 Å². The number of rotatable bonds is 2. The first kappa shape index (κ1) is 19.7. The zero-order valence-corrected chi connectivity index (χ0v) is 10.7. The summed E-state index contributed by atoms with van der Waals surface area (Å²) in [6, 6.07) is 8.76. The first-order chi connectivity index (χ1) is 6.83. The van der Waals surface area contributed by atoms with E-state index in [0.29, 0.717) is 0 Å². The summed E-state index contributed by atoms with van der Waals surface area (Å²) in [5.74, 6) is 0. The molecule has 0 saturated heterocycles. The van der Waals surface area contributed by atoms with E-state index in [4.69, 9.17) is 0 Å². The first-order valence-corrected chi connectivity index (χ1v) is 5.88. The topological polar surface area (TPSA) is 0 Å². The van der Waals surface area contributed by atoms with Crippen LogP contribution in [0.5, 0.6) is 0 Å². The molecule has 0 fully saturated rings. The number of benzene rings is 1. The van der Waals surface area contributed by atoms with Gasteiger partial charge in [0, 0.05) is 0 Å². The summed E-state index contributed by atoms with van der Waals surface area (Å²) < 4.78 is 0. The first-order valence-electron chi connectivity index (χ1n) is 5.88. The van der Waals surface area contributed by atoms with E-state index in [2.05, 4.69) is 38.1 Å². The Labute approximate surface area is 97.7 Å². The summed E-state index contributed by atoms with van der Waals surface area (Å²) in [4.78, 5) is 0. The van der Waals surface area contributed by atoms with Gasteiger partial charge in [-0.1, -0.05) is 78.3 Å². The fraction of sp³-hybridized carbons (Fsp3) is 0.600. The molecule has 0 radical (unpaired) electrons. The highest BCUT2D eigenvalue weighted by Gasteiger charge is 1.87. The van der Waals surface area contributed by atoms with E-state index in [9.17, 15) is 0 Å².